The summed E-state index contributed by atoms with van der Waals surface area (Å²) in [5.41, 5.74) is 0. The van der Waals surface area contributed by atoms with E-state index in [-0.39, 0.29) is 0 Å². The van der Waals surface area contributed by atoms with Crippen LogP contribution in [0.3, 0.4) is 0 Å². The molecular weight excluding hydrogens is 176 g/mol. The molecule has 2 N–H and O–H groups in total. The highest BCUT2D eigenvalue weighted by molar-refractivity contribution is 4.88. The Kier molecular flexibility index (Phi) is 3.43. The first kappa shape index (κ1) is 9.55. The van der Waals surface area contributed by atoms with Gasteiger partial charge in [-0.25, -0.2) is 9.97 Å². The van der Waals surface area contributed by atoms with Crippen molar-refractivity contribution in [3.63, 3.8) is 0 Å². The monoisotopic (exact) mass is 192 g/mol. The van der Waals surface area contributed by atoms with E-state index < -0.39 is 0 Å². The van der Waals surface area contributed by atoms with Crippen molar-refractivity contribution in [1.29, 1.82) is 0 Å². The van der Waals surface area contributed by atoms with Crippen molar-refractivity contribution < 1.29 is 0 Å². The Bertz CT molecular complexity index is 256. The van der Waals surface area contributed by atoms with Crippen LogP contribution in [-0.2, 0) is 6.54 Å². The number of aromatic nitrogens is 2. The van der Waals surface area contributed by atoms with E-state index in [1.807, 2.05) is 6.07 Å². The van der Waals surface area contributed by atoms with Gasteiger partial charge >= 0.3 is 0 Å². The van der Waals surface area contributed by atoms with E-state index in [1.165, 1.54) is 12.8 Å². The Balaban J connectivity index is 1.76. The topological polar surface area (TPSA) is 49.8 Å². The van der Waals surface area contributed by atoms with Crippen LogP contribution in [0, 0.1) is 0 Å². The molecule has 0 saturated carbocycles. The van der Waals surface area contributed by atoms with Crippen LogP contribution in [0.15, 0.2) is 18.5 Å². The molecule has 1 fully saturated rings. The second-order valence-electron chi connectivity index (χ2n) is 3.57. The van der Waals surface area contributed by atoms with Crippen LogP contribution in [0.25, 0.3) is 0 Å². The van der Waals surface area contributed by atoms with E-state index in [0.29, 0.717) is 6.04 Å². The lowest BCUT2D eigenvalue weighted by molar-refractivity contribution is 0.383. The van der Waals surface area contributed by atoms with Crippen LogP contribution >= 0.6 is 0 Å². The number of piperidine rings is 1. The first-order valence-corrected chi connectivity index (χ1v) is 5.15. The number of nitrogens with one attached hydrogen (secondary N) is 2. The molecule has 2 rings (SSSR count). The van der Waals surface area contributed by atoms with Crippen LogP contribution in [-0.4, -0.2) is 29.1 Å². The summed E-state index contributed by atoms with van der Waals surface area (Å²) >= 11 is 0. The average Bonchev–Trinajstić information content (AvgIpc) is 2.29. The zero-order valence-electron chi connectivity index (χ0n) is 8.24. The van der Waals surface area contributed by atoms with Gasteiger partial charge in [-0.15, -0.1) is 0 Å². The molecule has 0 radical (unpaired) electrons. The zero-order chi connectivity index (χ0) is 9.64. The minimum absolute atomic E-state index is 0.625. The molecule has 1 aromatic rings. The van der Waals surface area contributed by atoms with Gasteiger partial charge in [-0.05, 0) is 32.0 Å². The maximum Gasteiger partial charge on any atom is 0.141 e. The molecule has 4 nitrogen and oxygen atoms in total. The fourth-order valence-corrected chi connectivity index (χ4v) is 1.68. The maximum absolute atomic E-state index is 4.17. The van der Waals surface area contributed by atoms with Crippen molar-refractivity contribution in [2.24, 2.45) is 0 Å². The molecule has 1 aromatic heterocycles. The fourth-order valence-electron chi connectivity index (χ4n) is 1.68. The number of hydrogen-bond acceptors (Lipinski definition) is 4. The van der Waals surface area contributed by atoms with Crippen LogP contribution in [0.4, 0.5) is 0 Å². The molecule has 0 aliphatic carbocycles. The summed E-state index contributed by atoms with van der Waals surface area (Å²) in [5, 5.41) is 6.81. The van der Waals surface area contributed by atoms with Gasteiger partial charge in [0.1, 0.15) is 5.82 Å². The van der Waals surface area contributed by atoms with E-state index in [0.717, 1.165) is 25.5 Å². The van der Waals surface area contributed by atoms with Gasteiger partial charge in [0.05, 0.1) is 6.54 Å². The Morgan fingerprint density at radius 3 is 2.71 bits per heavy atom. The molecule has 4 heteroatoms. The fraction of sp³-hybridized carbons (Fsp3) is 0.600. The largest absolute Gasteiger partial charge is 0.317 e. The highest BCUT2D eigenvalue weighted by Gasteiger charge is 2.11. The van der Waals surface area contributed by atoms with Crippen molar-refractivity contribution in [3.05, 3.63) is 24.3 Å². The van der Waals surface area contributed by atoms with Crippen LogP contribution < -0.4 is 10.6 Å². The van der Waals surface area contributed by atoms with Crippen LogP contribution in [0.5, 0.6) is 0 Å². The Labute approximate surface area is 84.2 Å². The zero-order valence-corrected chi connectivity index (χ0v) is 8.24. The van der Waals surface area contributed by atoms with E-state index in [2.05, 4.69) is 20.6 Å². The van der Waals surface area contributed by atoms with E-state index in [4.69, 9.17) is 0 Å². The van der Waals surface area contributed by atoms with Gasteiger partial charge in [0.2, 0.25) is 0 Å². The first-order chi connectivity index (χ1) is 6.95. The van der Waals surface area contributed by atoms with Crippen molar-refractivity contribution in [2.45, 2.75) is 25.4 Å². The second kappa shape index (κ2) is 5.02. The molecule has 1 saturated heterocycles. The van der Waals surface area contributed by atoms with Crippen molar-refractivity contribution >= 4 is 0 Å². The molecule has 0 amide bonds. The molecule has 14 heavy (non-hydrogen) atoms. The smallest absolute Gasteiger partial charge is 0.141 e. The van der Waals surface area contributed by atoms with Gasteiger partial charge in [0.15, 0.2) is 0 Å². The van der Waals surface area contributed by atoms with Crippen LogP contribution in [0.1, 0.15) is 18.7 Å². The van der Waals surface area contributed by atoms with Gasteiger partial charge in [-0.2, -0.15) is 0 Å². The molecule has 0 atom stereocenters. The highest BCUT2D eigenvalue weighted by atomic mass is 15.0. The second-order valence-corrected chi connectivity index (χ2v) is 3.57. The van der Waals surface area contributed by atoms with E-state index in [1.54, 1.807) is 12.4 Å². The predicted molar refractivity (Wildman–Crippen MR) is 54.8 cm³/mol. The summed E-state index contributed by atoms with van der Waals surface area (Å²) in [4.78, 5) is 8.35. The molecule has 1 aliphatic heterocycles. The summed E-state index contributed by atoms with van der Waals surface area (Å²) < 4.78 is 0. The Morgan fingerprint density at radius 1 is 1.29 bits per heavy atom. The van der Waals surface area contributed by atoms with Gasteiger partial charge in [-0.1, -0.05) is 0 Å². The molecule has 2 heterocycles. The number of hydrogen-bond donors (Lipinski definition) is 2. The Hall–Kier alpha value is -1.00. The summed E-state index contributed by atoms with van der Waals surface area (Å²) in [6.45, 7) is 3.02. The van der Waals surface area contributed by atoms with Crippen molar-refractivity contribution in [2.75, 3.05) is 13.1 Å². The van der Waals surface area contributed by atoms with E-state index >= 15 is 0 Å². The van der Waals surface area contributed by atoms with Gasteiger partial charge < -0.3 is 10.6 Å². The summed E-state index contributed by atoms with van der Waals surface area (Å²) in [5.74, 6) is 0.881. The minimum Gasteiger partial charge on any atom is -0.317 e. The molecule has 0 bridgehead atoms. The summed E-state index contributed by atoms with van der Waals surface area (Å²) in [6, 6.07) is 2.47. The van der Waals surface area contributed by atoms with Crippen molar-refractivity contribution in [3.8, 4) is 0 Å². The third-order valence-electron chi connectivity index (χ3n) is 2.51. The van der Waals surface area contributed by atoms with Gasteiger partial charge in [0, 0.05) is 18.4 Å². The molecule has 0 spiro atoms. The van der Waals surface area contributed by atoms with Gasteiger partial charge in [0.25, 0.3) is 0 Å². The van der Waals surface area contributed by atoms with E-state index in [9.17, 15) is 0 Å². The maximum atomic E-state index is 4.17. The van der Waals surface area contributed by atoms with Crippen molar-refractivity contribution in [1.82, 2.24) is 20.6 Å². The molecule has 0 aromatic carbocycles. The average molecular weight is 192 g/mol. The summed E-state index contributed by atoms with van der Waals surface area (Å²) in [7, 11) is 0. The highest BCUT2D eigenvalue weighted by Crippen LogP contribution is 2.02. The Morgan fingerprint density at radius 2 is 2.00 bits per heavy atom. The number of rotatable bonds is 3. The third kappa shape index (κ3) is 2.75. The quantitative estimate of drug-likeness (QED) is 0.724. The molecule has 76 valence electrons. The lowest BCUT2D eigenvalue weighted by Gasteiger charge is -2.23. The van der Waals surface area contributed by atoms with Crippen LogP contribution in [0.2, 0.25) is 0 Å². The first-order valence-electron chi connectivity index (χ1n) is 5.15. The standard InChI is InChI=1S/C10H16N4/c1-4-12-10(13-5-1)8-14-9-2-6-11-7-3-9/h1,4-5,9,11,14H,2-3,6-8H2. The normalized spacial score (nSPS) is 18.3. The molecule has 1 aliphatic rings. The molecule has 0 unspecified atom stereocenters. The minimum atomic E-state index is 0.625. The number of nitrogens with zero attached hydrogens (tertiary/aromatic N) is 2. The summed E-state index contributed by atoms with van der Waals surface area (Å²) in [6.07, 6.45) is 5.97. The predicted octanol–water partition coefficient (Wildman–Crippen LogP) is 0.318. The molecular formula is C10H16N4. The third-order valence-corrected chi connectivity index (χ3v) is 2.51. The lowest BCUT2D eigenvalue weighted by atomic mass is 10.1. The van der Waals surface area contributed by atoms with Gasteiger partial charge in [-0.3, -0.25) is 0 Å². The lowest BCUT2D eigenvalue weighted by Crippen LogP contribution is -2.39. The SMILES string of the molecule is c1cnc(CNC2CCNCC2)nc1.